The fourth-order valence-corrected chi connectivity index (χ4v) is 2.82. The normalized spacial score (nSPS) is 10.3. The number of anilines is 1. The number of hydrogen-bond donors (Lipinski definition) is 1. The molecule has 1 amide bonds. The number of hydrogen-bond acceptors (Lipinski definition) is 4. The first kappa shape index (κ1) is 18.3. The van der Waals surface area contributed by atoms with Crippen LogP contribution < -0.4 is 10.1 Å². The van der Waals surface area contributed by atoms with Crippen LogP contribution in [0.4, 0.5) is 5.69 Å². The average molecular weight is 383 g/mol. The number of furan rings is 1. The van der Waals surface area contributed by atoms with E-state index < -0.39 is 0 Å². The molecule has 0 saturated carbocycles. The van der Waals surface area contributed by atoms with Crippen molar-refractivity contribution in [2.45, 2.75) is 0 Å². The average Bonchev–Trinajstić information content (AvgIpc) is 3.25. The maximum absolute atomic E-state index is 12.6. The van der Waals surface area contributed by atoms with Gasteiger partial charge in [0.1, 0.15) is 17.3 Å². The molecule has 142 valence electrons. The molecule has 1 aromatic heterocycles. The van der Waals surface area contributed by atoms with Gasteiger partial charge >= 0.3 is 0 Å². The van der Waals surface area contributed by atoms with Crippen molar-refractivity contribution in [2.24, 2.45) is 0 Å². The van der Waals surface area contributed by atoms with E-state index in [9.17, 15) is 9.59 Å². The van der Waals surface area contributed by atoms with Crippen LogP contribution in [0.3, 0.4) is 0 Å². The summed E-state index contributed by atoms with van der Waals surface area (Å²) in [4.78, 5) is 23.4. The fraction of sp³-hybridized carbons (Fsp3) is 0. The SMILES string of the molecule is O=Cc1ccc(-c2cccc(C(=O)Nc3ccc(Oc4ccccc4)cc3)c2)o1. The monoisotopic (exact) mass is 383 g/mol. The maximum Gasteiger partial charge on any atom is 0.255 e. The Kier molecular flexibility index (Phi) is 5.21. The minimum atomic E-state index is -0.245. The van der Waals surface area contributed by atoms with Crippen molar-refractivity contribution in [3.8, 4) is 22.8 Å². The van der Waals surface area contributed by atoms with Crippen LogP contribution in [0.25, 0.3) is 11.3 Å². The van der Waals surface area contributed by atoms with E-state index in [0.717, 1.165) is 11.3 Å². The highest BCUT2D eigenvalue weighted by Gasteiger charge is 2.10. The van der Waals surface area contributed by atoms with Gasteiger partial charge in [0.15, 0.2) is 12.0 Å². The molecular formula is C24H17NO4. The summed E-state index contributed by atoms with van der Waals surface area (Å²) >= 11 is 0. The minimum absolute atomic E-state index is 0.243. The van der Waals surface area contributed by atoms with Crippen LogP contribution >= 0.6 is 0 Å². The van der Waals surface area contributed by atoms with Gasteiger partial charge in [0, 0.05) is 16.8 Å². The molecule has 5 heteroatoms. The first-order valence-corrected chi connectivity index (χ1v) is 9.01. The summed E-state index contributed by atoms with van der Waals surface area (Å²) in [5, 5.41) is 2.86. The highest BCUT2D eigenvalue weighted by atomic mass is 16.5. The number of para-hydroxylation sites is 1. The fourth-order valence-electron chi connectivity index (χ4n) is 2.82. The van der Waals surface area contributed by atoms with Crippen molar-refractivity contribution in [1.29, 1.82) is 0 Å². The molecule has 0 bridgehead atoms. The quantitative estimate of drug-likeness (QED) is 0.427. The Balaban J connectivity index is 1.45. The molecule has 0 atom stereocenters. The number of carbonyl (C=O) groups is 2. The number of nitrogens with one attached hydrogen (secondary N) is 1. The Labute approximate surface area is 167 Å². The second kappa shape index (κ2) is 8.27. The van der Waals surface area contributed by atoms with Crippen LogP contribution in [0.2, 0.25) is 0 Å². The largest absolute Gasteiger partial charge is 0.457 e. The van der Waals surface area contributed by atoms with E-state index in [-0.39, 0.29) is 11.7 Å². The second-order valence-electron chi connectivity index (χ2n) is 6.29. The van der Waals surface area contributed by atoms with Crippen LogP contribution in [0, 0.1) is 0 Å². The summed E-state index contributed by atoms with van der Waals surface area (Å²) in [5.41, 5.74) is 1.86. The summed E-state index contributed by atoms with van der Waals surface area (Å²) in [6, 6.07) is 26.9. The van der Waals surface area contributed by atoms with Crippen molar-refractivity contribution >= 4 is 17.9 Å². The Morgan fingerprint density at radius 3 is 2.31 bits per heavy atom. The zero-order chi connectivity index (χ0) is 20.1. The van der Waals surface area contributed by atoms with Gasteiger partial charge in [-0.1, -0.05) is 30.3 Å². The van der Waals surface area contributed by atoms with Crippen molar-refractivity contribution in [3.05, 3.63) is 102 Å². The Morgan fingerprint density at radius 1 is 0.828 bits per heavy atom. The zero-order valence-electron chi connectivity index (χ0n) is 15.4. The van der Waals surface area contributed by atoms with Crippen molar-refractivity contribution in [3.63, 3.8) is 0 Å². The topological polar surface area (TPSA) is 68.5 Å². The first-order chi connectivity index (χ1) is 14.2. The smallest absolute Gasteiger partial charge is 0.255 e. The minimum Gasteiger partial charge on any atom is -0.457 e. The third-order valence-corrected chi connectivity index (χ3v) is 4.24. The lowest BCUT2D eigenvalue weighted by Crippen LogP contribution is -2.11. The van der Waals surface area contributed by atoms with Crippen LogP contribution in [-0.2, 0) is 0 Å². The van der Waals surface area contributed by atoms with E-state index in [0.29, 0.717) is 29.0 Å². The molecule has 29 heavy (non-hydrogen) atoms. The van der Waals surface area contributed by atoms with Gasteiger partial charge in [-0.25, -0.2) is 0 Å². The summed E-state index contributed by atoms with van der Waals surface area (Å²) in [6.45, 7) is 0. The molecule has 0 spiro atoms. The molecule has 0 aliphatic rings. The molecule has 3 aromatic carbocycles. The summed E-state index contributed by atoms with van der Waals surface area (Å²) in [7, 11) is 0. The number of amides is 1. The number of ether oxygens (including phenoxy) is 1. The number of carbonyl (C=O) groups excluding carboxylic acids is 2. The maximum atomic E-state index is 12.6. The lowest BCUT2D eigenvalue weighted by molar-refractivity contribution is 0.102. The van der Waals surface area contributed by atoms with E-state index in [1.165, 1.54) is 0 Å². The molecule has 0 aliphatic carbocycles. The van der Waals surface area contributed by atoms with E-state index in [2.05, 4.69) is 5.32 Å². The molecule has 5 nitrogen and oxygen atoms in total. The van der Waals surface area contributed by atoms with Crippen LogP contribution in [-0.4, -0.2) is 12.2 Å². The number of aldehydes is 1. The zero-order valence-corrected chi connectivity index (χ0v) is 15.4. The highest BCUT2D eigenvalue weighted by Crippen LogP contribution is 2.25. The van der Waals surface area contributed by atoms with Gasteiger partial charge < -0.3 is 14.5 Å². The van der Waals surface area contributed by atoms with Gasteiger partial charge in [-0.15, -0.1) is 0 Å². The molecule has 4 aromatic rings. The van der Waals surface area contributed by atoms with Crippen LogP contribution in [0.15, 0.2) is 95.4 Å². The molecule has 4 rings (SSSR count). The molecule has 1 heterocycles. The van der Waals surface area contributed by atoms with E-state index in [1.807, 2.05) is 36.4 Å². The van der Waals surface area contributed by atoms with Gasteiger partial charge in [-0.2, -0.15) is 0 Å². The third kappa shape index (κ3) is 4.42. The first-order valence-electron chi connectivity index (χ1n) is 9.01. The molecular weight excluding hydrogens is 366 g/mol. The molecule has 0 fully saturated rings. The predicted molar refractivity (Wildman–Crippen MR) is 110 cm³/mol. The summed E-state index contributed by atoms with van der Waals surface area (Å²) in [6.07, 6.45) is 0.644. The molecule has 0 radical (unpaired) electrons. The van der Waals surface area contributed by atoms with Crippen molar-refractivity contribution in [1.82, 2.24) is 0 Å². The van der Waals surface area contributed by atoms with E-state index >= 15 is 0 Å². The second-order valence-corrected chi connectivity index (χ2v) is 6.29. The number of rotatable bonds is 6. The lowest BCUT2D eigenvalue weighted by atomic mass is 10.1. The Bertz CT molecular complexity index is 1130. The summed E-state index contributed by atoms with van der Waals surface area (Å²) < 4.78 is 11.2. The van der Waals surface area contributed by atoms with E-state index in [1.54, 1.807) is 54.6 Å². The van der Waals surface area contributed by atoms with Crippen LogP contribution in [0.5, 0.6) is 11.5 Å². The van der Waals surface area contributed by atoms with Crippen molar-refractivity contribution < 1.29 is 18.7 Å². The van der Waals surface area contributed by atoms with Gasteiger partial charge in [-0.3, -0.25) is 9.59 Å². The Hall–Kier alpha value is -4.12. The molecule has 0 aliphatic heterocycles. The molecule has 0 saturated heterocycles. The Morgan fingerprint density at radius 2 is 1.59 bits per heavy atom. The van der Waals surface area contributed by atoms with Gasteiger partial charge in [0.2, 0.25) is 0 Å². The van der Waals surface area contributed by atoms with Gasteiger partial charge in [0.25, 0.3) is 5.91 Å². The third-order valence-electron chi connectivity index (χ3n) is 4.24. The lowest BCUT2D eigenvalue weighted by Gasteiger charge is -2.09. The van der Waals surface area contributed by atoms with E-state index in [4.69, 9.17) is 9.15 Å². The van der Waals surface area contributed by atoms with Crippen molar-refractivity contribution in [2.75, 3.05) is 5.32 Å². The molecule has 1 N–H and O–H groups in total. The predicted octanol–water partition coefficient (Wildman–Crippen LogP) is 5.80. The summed E-state index contributed by atoms with van der Waals surface area (Å²) in [5.74, 6) is 1.96. The van der Waals surface area contributed by atoms with Crippen LogP contribution in [0.1, 0.15) is 20.9 Å². The highest BCUT2D eigenvalue weighted by molar-refractivity contribution is 6.04. The van der Waals surface area contributed by atoms with Gasteiger partial charge in [0.05, 0.1) is 0 Å². The van der Waals surface area contributed by atoms with Gasteiger partial charge in [-0.05, 0) is 60.7 Å². The number of benzene rings is 3. The standard InChI is InChI=1S/C24H17NO4/c26-16-22-13-14-23(29-22)17-5-4-6-18(15-17)24(27)25-19-9-11-21(12-10-19)28-20-7-2-1-3-8-20/h1-16H,(H,25,27). The molecule has 0 unspecified atom stereocenters.